The number of rotatable bonds is 6. The third-order valence-corrected chi connectivity index (χ3v) is 4.84. The molecule has 1 aromatic carbocycles. The molecule has 2 rings (SSSR count). The van der Waals surface area contributed by atoms with Gasteiger partial charge in [-0.15, -0.1) is 0 Å². The molecule has 0 radical (unpaired) electrons. The molecule has 0 spiro atoms. The summed E-state index contributed by atoms with van der Waals surface area (Å²) in [4.78, 5) is 38.4. The molecule has 0 aliphatic carbocycles. The maximum atomic E-state index is 13.3. The van der Waals surface area contributed by atoms with Crippen molar-refractivity contribution < 1.29 is 33.7 Å². The number of amides is 2. The SMILES string of the molecule is CC[C@@H]1C[C@@H](O)CN1C(=O)c1cc(OC)c(OC(C)=O)cc1NC(=O)OCC(Cl)(Cl)Cl. The lowest BCUT2D eigenvalue weighted by Gasteiger charge is -2.25. The summed E-state index contributed by atoms with van der Waals surface area (Å²) < 4.78 is 13.4. The maximum absolute atomic E-state index is 13.3. The fourth-order valence-corrected chi connectivity index (χ4v) is 3.37. The Morgan fingerprint density at radius 1 is 1.26 bits per heavy atom. The van der Waals surface area contributed by atoms with Crippen LogP contribution in [0.1, 0.15) is 37.0 Å². The van der Waals surface area contributed by atoms with E-state index in [9.17, 15) is 19.5 Å². The molecule has 2 N–H and O–H groups in total. The van der Waals surface area contributed by atoms with Gasteiger partial charge in [-0.25, -0.2) is 4.79 Å². The van der Waals surface area contributed by atoms with Crippen LogP contribution in [-0.4, -0.2) is 64.2 Å². The number of halogens is 3. The van der Waals surface area contributed by atoms with Gasteiger partial charge < -0.3 is 24.2 Å². The highest BCUT2D eigenvalue weighted by Crippen LogP contribution is 2.36. The summed E-state index contributed by atoms with van der Waals surface area (Å²) in [6, 6.07) is 2.42. The van der Waals surface area contributed by atoms with Crippen LogP contribution in [0.4, 0.5) is 10.5 Å². The molecular weight excluding hydrogens is 475 g/mol. The van der Waals surface area contributed by atoms with E-state index in [1.54, 1.807) is 0 Å². The zero-order valence-electron chi connectivity index (χ0n) is 17.1. The summed E-state index contributed by atoms with van der Waals surface area (Å²) in [7, 11) is 1.34. The second-order valence-electron chi connectivity index (χ2n) is 6.87. The van der Waals surface area contributed by atoms with E-state index in [0.717, 1.165) is 0 Å². The van der Waals surface area contributed by atoms with Crippen molar-refractivity contribution in [1.29, 1.82) is 0 Å². The molecule has 1 fully saturated rings. The van der Waals surface area contributed by atoms with Gasteiger partial charge in [0.05, 0.1) is 24.5 Å². The Morgan fingerprint density at radius 3 is 2.48 bits per heavy atom. The number of nitrogens with one attached hydrogen (secondary N) is 1. The number of aliphatic hydroxyl groups excluding tert-OH is 1. The molecule has 31 heavy (non-hydrogen) atoms. The summed E-state index contributed by atoms with van der Waals surface area (Å²) >= 11 is 16.7. The van der Waals surface area contributed by atoms with Crippen molar-refractivity contribution in [3.05, 3.63) is 17.7 Å². The van der Waals surface area contributed by atoms with Crippen LogP contribution in [-0.2, 0) is 9.53 Å². The third kappa shape index (κ3) is 7.03. The number of ether oxygens (including phenoxy) is 3. The first-order chi connectivity index (χ1) is 14.4. The summed E-state index contributed by atoms with van der Waals surface area (Å²) in [5, 5.41) is 12.4. The summed E-state index contributed by atoms with van der Waals surface area (Å²) in [6.45, 7) is 2.71. The third-order valence-electron chi connectivity index (χ3n) is 4.52. The number of methoxy groups -OCH3 is 1. The van der Waals surface area contributed by atoms with Gasteiger partial charge in [0, 0.05) is 25.6 Å². The predicted octanol–water partition coefficient (Wildman–Crippen LogP) is 3.52. The molecule has 1 aliphatic heterocycles. The van der Waals surface area contributed by atoms with Gasteiger partial charge in [0.25, 0.3) is 5.91 Å². The number of hydrogen-bond donors (Lipinski definition) is 2. The molecule has 2 amide bonds. The molecule has 1 heterocycles. The van der Waals surface area contributed by atoms with Crippen molar-refractivity contribution in [3.8, 4) is 11.5 Å². The van der Waals surface area contributed by atoms with Gasteiger partial charge in [-0.3, -0.25) is 14.9 Å². The second-order valence-corrected chi connectivity index (χ2v) is 9.38. The second kappa shape index (κ2) is 10.6. The van der Waals surface area contributed by atoms with E-state index in [0.29, 0.717) is 12.8 Å². The van der Waals surface area contributed by atoms with E-state index >= 15 is 0 Å². The lowest BCUT2D eigenvalue weighted by Crippen LogP contribution is -2.36. The topological polar surface area (TPSA) is 114 Å². The zero-order chi connectivity index (χ0) is 23.3. The Kier molecular flexibility index (Phi) is 8.65. The van der Waals surface area contributed by atoms with E-state index in [-0.39, 0.29) is 35.3 Å². The van der Waals surface area contributed by atoms with Gasteiger partial charge in [-0.2, -0.15) is 0 Å². The Bertz CT molecular complexity index is 845. The highest BCUT2D eigenvalue weighted by molar-refractivity contribution is 6.67. The van der Waals surface area contributed by atoms with Gasteiger partial charge in [0.15, 0.2) is 11.5 Å². The standard InChI is InChI=1S/C19H23Cl3N2O7/c1-4-11-5-12(26)8-24(11)17(27)13-6-15(29-3)16(31-10(2)25)7-14(13)23-18(28)30-9-19(20,21)22/h6-7,11-12,26H,4-5,8-9H2,1-3H3,(H,23,28)/t11-,12-/m1/s1. The fraction of sp³-hybridized carbons (Fsp3) is 0.526. The smallest absolute Gasteiger partial charge is 0.411 e. The number of aliphatic hydroxyl groups is 1. The summed E-state index contributed by atoms with van der Waals surface area (Å²) in [6.07, 6.45) is -0.562. The first kappa shape index (κ1) is 25.3. The summed E-state index contributed by atoms with van der Waals surface area (Å²) in [5.74, 6) is -0.994. The number of β-amino-alcohol motifs (C(OH)–C–C–N with tert-alkyl or cyclic N) is 1. The average molecular weight is 498 g/mol. The molecule has 9 nitrogen and oxygen atoms in total. The van der Waals surface area contributed by atoms with Crippen molar-refractivity contribution in [3.63, 3.8) is 0 Å². The van der Waals surface area contributed by atoms with Crippen LogP contribution in [0.3, 0.4) is 0 Å². The molecule has 2 atom stereocenters. The van der Waals surface area contributed by atoms with Crippen LogP contribution >= 0.6 is 34.8 Å². The Labute approximate surface area is 194 Å². The number of carbonyl (C=O) groups excluding carboxylic acids is 3. The molecule has 172 valence electrons. The van der Waals surface area contributed by atoms with E-state index in [2.05, 4.69) is 5.32 Å². The van der Waals surface area contributed by atoms with Crippen LogP contribution in [0, 0.1) is 0 Å². The number of carbonyl (C=O) groups is 3. The molecule has 0 unspecified atom stereocenters. The number of nitrogens with zero attached hydrogens (tertiary/aromatic N) is 1. The number of alkyl halides is 3. The molecule has 1 aromatic rings. The largest absolute Gasteiger partial charge is 0.493 e. The molecule has 0 saturated carbocycles. The highest BCUT2D eigenvalue weighted by Gasteiger charge is 2.35. The normalized spacial score (nSPS) is 18.5. The first-order valence-corrected chi connectivity index (χ1v) is 10.5. The van der Waals surface area contributed by atoms with Crippen molar-refractivity contribution >= 4 is 58.5 Å². The quantitative estimate of drug-likeness (QED) is 0.351. The van der Waals surface area contributed by atoms with Gasteiger partial charge in [-0.1, -0.05) is 41.7 Å². The Balaban J connectivity index is 2.43. The number of hydrogen-bond acceptors (Lipinski definition) is 7. The van der Waals surface area contributed by atoms with Crippen molar-refractivity contribution in [2.24, 2.45) is 0 Å². The number of likely N-dealkylation sites (tertiary alicyclic amines) is 1. The van der Waals surface area contributed by atoms with Crippen molar-refractivity contribution in [2.75, 3.05) is 25.6 Å². The highest BCUT2D eigenvalue weighted by atomic mass is 35.6. The van der Waals surface area contributed by atoms with E-state index in [4.69, 9.17) is 49.0 Å². The first-order valence-electron chi connectivity index (χ1n) is 9.35. The minimum absolute atomic E-state index is 0.00684. The molecule has 0 aromatic heterocycles. The van der Waals surface area contributed by atoms with Gasteiger partial charge in [0.1, 0.15) is 6.61 Å². The lowest BCUT2D eigenvalue weighted by atomic mass is 10.1. The fourth-order valence-electron chi connectivity index (χ4n) is 3.21. The van der Waals surface area contributed by atoms with Crippen LogP contribution in [0.2, 0.25) is 0 Å². The molecule has 12 heteroatoms. The van der Waals surface area contributed by atoms with E-state index in [1.807, 2.05) is 6.92 Å². The molecule has 0 bridgehead atoms. The van der Waals surface area contributed by atoms with Gasteiger partial charge >= 0.3 is 12.1 Å². The van der Waals surface area contributed by atoms with Crippen molar-refractivity contribution in [2.45, 2.75) is 42.6 Å². The van der Waals surface area contributed by atoms with Gasteiger partial charge in [0.2, 0.25) is 3.79 Å². The number of benzene rings is 1. The van der Waals surface area contributed by atoms with Crippen LogP contribution in [0.15, 0.2) is 12.1 Å². The maximum Gasteiger partial charge on any atom is 0.411 e. The average Bonchev–Trinajstić information content (AvgIpc) is 3.06. The molecule has 1 saturated heterocycles. The summed E-state index contributed by atoms with van der Waals surface area (Å²) in [5.41, 5.74) is 0.0405. The van der Waals surface area contributed by atoms with Crippen LogP contribution < -0.4 is 14.8 Å². The zero-order valence-corrected chi connectivity index (χ0v) is 19.4. The van der Waals surface area contributed by atoms with Crippen molar-refractivity contribution in [1.82, 2.24) is 4.90 Å². The Hall–Kier alpha value is -1.94. The Morgan fingerprint density at radius 2 is 1.94 bits per heavy atom. The minimum atomic E-state index is -1.82. The number of esters is 1. The van der Waals surface area contributed by atoms with Gasteiger partial charge in [-0.05, 0) is 18.9 Å². The monoisotopic (exact) mass is 496 g/mol. The minimum Gasteiger partial charge on any atom is -0.493 e. The van der Waals surface area contributed by atoms with E-state index in [1.165, 1.54) is 31.1 Å². The lowest BCUT2D eigenvalue weighted by molar-refractivity contribution is -0.132. The van der Waals surface area contributed by atoms with Crippen LogP contribution in [0.25, 0.3) is 0 Å². The molecular formula is C19H23Cl3N2O7. The van der Waals surface area contributed by atoms with Crippen LogP contribution in [0.5, 0.6) is 11.5 Å². The van der Waals surface area contributed by atoms with E-state index < -0.39 is 34.5 Å². The number of anilines is 1. The predicted molar refractivity (Wildman–Crippen MR) is 115 cm³/mol. The molecule has 1 aliphatic rings.